The zero-order valence-electron chi connectivity index (χ0n) is 6.93. The fourth-order valence-electron chi connectivity index (χ4n) is 1.87. The Bertz CT molecular complexity index is 136. The van der Waals surface area contributed by atoms with Crippen molar-refractivity contribution in [1.29, 1.82) is 0 Å². The molecular weight excluding hydrogens is 122 g/mol. The molecule has 58 valence electrons. The Labute approximate surface area is 63.3 Å². The van der Waals surface area contributed by atoms with Crippen molar-refractivity contribution < 1.29 is 0 Å². The topological polar surface area (TPSA) is 26.0 Å². The highest BCUT2D eigenvalue weighted by molar-refractivity contribution is 5.10. The van der Waals surface area contributed by atoms with Crippen molar-refractivity contribution >= 4 is 0 Å². The lowest BCUT2D eigenvalue weighted by atomic mass is 9.91. The van der Waals surface area contributed by atoms with E-state index in [-0.39, 0.29) is 0 Å². The predicted molar refractivity (Wildman–Crippen MR) is 44.4 cm³/mol. The molecule has 0 radical (unpaired) electrons. The molecule has 0 aliphatic heterocycles. The van der Waals surface area contributed by atoms with Crippen molar-refractivity contribution in [3.63, 3.8) is 0 Å². The molecule has 0 unspecified atom stereocenters. The van der Waals surface area contributed by atoms with Gasteiger partial charge in [-0.2, -0.15) is 0 Å². The Balaban J connectivity index is 2.59. The van der Waals surface area contributed by atoms with E-state index in [4.69, 9.17) is 5.73 Å². The second-order valence-corrected chi connectivity index (χ2v) is 3.48. The van der Waals surface area contributed by atoms with Gasteiger partial charge >= 0.3 is 0 Å². The standard InChI is InChI=1S/C9H17N/c1-7(2)9-5-3-4-8(9)6-10/h6-7,9H,3-5,10H2,1-2H3/b8-6+/t9-/m0/s1. The second-order valence-electron chi connectivity index (χ2n) is 3.48. The third-order valence-electron chi connectivity index (χ3n) is 2.48. The van der Waals surface area contributed by atoms with Crippen molar-refractivity contribution in [2.24, 2.45) is 17.6 Å². The van der Waals surface area contributed by atoms with E-state index in [1.165, 1.54) is 24.8 Å². The van der Waals surface area contributed by atoms with Gasteiger partial charge in [0.25, 0.3) is 0 Å². The molecule has 1 saturated carbocycles. The molecule has 1 heteroatoms. The van der Waals surface area contributed by atoms with Gasteiger partial charge in [-0.05, 0) is 37.3 Å². The highest BCUT2D eigenvalue weighted by atomic mass is 14.5. The van der Waals surface area contributed by atoms with Crippen molar-refractivity contribution in [3.05, 3.63) is 11.8 Å². The van der Waals surface area contributed by atoms with E-state index in [2.05, 4.69) is 13.8 Å². The van der Waals surface area contributed by atoms with Crippen LogP contribution in [0.15, 0.2) is 11.8 Å². The first-order chi connectivity index (χ1) is 4.75. The van der Waals surface area contributed by atoms with Crippen LogP contribution in [0.3, 0.4) is 0 Å². The van der Waals surface area contributed by atoms with Crippen molar-refractivity contribution in [2.75, 3.05) is 0 Å². The fourth-order valence-corrected chi connectivity index (χ4v) is 1.87. The number of rotatable bonds is 1. The summed E-state index contributed by atoms with van der Waals surface area (Å²) in [5.41, 5.74) is 6.98. The average molecular weight is 139 g/mol. The van der Waals surface area contributed by atoms with E-state index in [1.54, 1.807) is 0 Å². The van der Waals surface area contributed by atoms with E-state index in [1.807, 2.05) is 6.20 Å². The number of hydrogen-bond acceptors (Lipinski definition) is 1. The lowest BCUT2D eigenvalue weighted by molar-refractivity contribution is 0.452. The van der Waals surface area contributed by atoms with Crippen LogP contribution in [0.5, 0.6) is 0 Å². The normalized spacial score (nSPS) is 30.3. The van der Waals surface area contributed by atoms with E-state index in [9.17, 15) is 0 Å². The number of allylic oxidation sites excluding steroid dienone is 1. The molecule has 0 aromatic carbocycles. The Kier molecular flexibility index (Phi) is 2.36. The van der Waals surface area contributed by atoms with Crippen LogP contribution in [0.25, 0.3) is 0 Å². The first kappa shape index (κ1) is 7.64. The molecule has 1 rings (SSSR count). The third-order valence-corrected chi connectivity index (χ3v) is 2.48. The molecule has 1 aliphatic rings. The molecule has 0 saturated heterocycles. The molecule has 1 aliphatic carbocycles. The molecule has 0 aromatic rings. The molecular formula is C9H17N. The van der Waals surface area contributed by atoms with Crippen LogP contribution in [0.2, 0.25) is 0 Å². The van der Waals surface area contributed by atoms with Crippen LogP contribution in [0.1, 0.15) is 33.1 Å². The van der Waals surface area contributed by atoms with E-state index in [0.717, 1.165) is 11.8 Å². The minimum Gasteiger partial charge on any atom is -0.405 e. The van der Waals surface area contributed by atoms with Gasteiger partial charge in [0.15, 0.2) is 0 Å². The van der Waals surface area contributed by atoms with Gasteiger partial charge in [0.2, 0.25) is 0 Å². The second kappa shape index (κ2) is 3.09. The number of nitrogens with two attached hydrogens (primary N) is 1. The van der Waals surface area contributed by atoms with Gasteiger partial charge in [0.05, 0.1) is 0 Å². The molecule has 0 amide bonds. The predicted octanol–water partition coefficient (Wildman–Crippen LogP) is 2.29. The molecule has 0 aromatic heterocycles. The minimum atomic E-state index is 0.775. The highest BCUT2D eigenvalue weighted by Gasteiger charge is 2.22. The molecule has 1 fully saturated rings. The van der Waals surface area contributed by atoms with Crippen LogP contribution in [-0.4, -0.2) is 0 Å². The molecule has 10 heavy (non-hydrogen) atoms. The van der Waals surface area contributed by atoms with Crippen molar-refractivity contribution in [2.45, 2.75) is 33.1 Å². The summed E-state index contributed by atoms with van der Waals surface area (Å²) in [5, 5.41) is 0. The summed E-state index contributed by atoms with van der Waals surface area (Å²) in [5.74, 6) is 1.56. The molecule has 2 N–H and O–H groups in total. The smallest absolute Gasteiger partial charge is 0.00675 e. The molecule has 1 atom stereocenters. The van der Waals surface area contributed by atoms with E-state index >= 15 is 0 Å². The summed E-state index contributed by atoms with van der Waals surface area (Å²) in [6.07, 6.45) is 5.74. The third kappa shape index (κ3) is 1.34. The maximum absolute atomic E-state index is 5.50. The minimum absolute atomic E-state index is 0.775. The Morgan fingerprint density at radius 1 is 1.60 bits per heavy atom. The summed E-state index contributed by atoms with van der Waals surface area (Å²) >= 11 is 0. The summed E-state index contributed by atoms with van der Waals surface area (Å²) in [6.45, 7) is 4.55. The maximum Gasteiger partial charge on any atom is -0.00675 e. The van der Waals surface area contributed by atoms with Crippen LogP contribution in [0.4, 0.5) is 0 Å². The summed E-state index contributed by atoms with van der Waals surface area (Å²) in [7, 11) is 0. The maximum atomic E-state index is 5.50. The largest absolute Gasteiger partial charge is 0.405 e. The first-order valence-electron chi connectivity index (χ1n) is 4.16. The van der Waals surface area contributed by atoms with Crippen LogP contribution in [-0.2, 0) is 0 Å². The van der Waals surface area contributed by atoms with Crippen LogP contribution in [0, 0.1) is 11.8 Å². The van der Waals surface area contributed by atoms with Crippen LogP contribution < -0.4 is 5.73 Å². The zero-order valence-corrected chi connectivity index (χ0v) is 6.93. The summed E-state index contributed by atoms with van der Waals surface area (Å²) in [4.78, 5) is 0. The van der Waals surface area contributed by atoms with Gasteiger partial charge in [-0.3, -0.25) is 0 Å². The zero-order chi connectivity index (χ0) is 7.56. The molecule has 0 heterocycles. The first-order valence-corrected chi connectivity index (χ1v) is 4.16. The highest BCUT2D eigenvalue weighted by Crippen LogP contribution is 2.35. The van der Waals surface area contributed by atoms with Crippen molar-refractivity contribution in [3.8, 4) is 0 Å². The van der Waals surface area contributed by atoms with Crippen LogP contribution >= 0.6 is 0 Å². The lowest BCUT2D eigenvalue weighted by Gasteiger charge is -2.14. The van der Waals surface area contributed by atoms with Gasteiger partial charge in [-0.1, -0.05) is 19.4 Å². The van der Waals surface area contributed by atoms with Crippen molar-refractivity contribution in [1.82, 2.24) is 0 Å². The lowest BCUT2D eigenvalue weighted by Crippen LogP contribution is -2.06. The van der Waals surface area contributed by atoms with Gasteiger partial charge in [-0.15, -0.1) is 0 Å². The average Bonchev–Trinajstić information content (AvgIpc) is 2.33. The number of hydrogen-bond donors (Lipinski definition) is 1. The quantitative estimate of drug-likeness (QED) is 0.592. The monoisotopic (exact) mass is 139 g/mol. The summed E-state index contributed by atoms with van der Waals surface area (Å²) in [6, 6.07) is 0. The Morgan fingerprint density at radius 3 is 2.70 bits per heavy atom. The summed E-state index contributed by atoms with van der Waals surface area (Å²) < 4.78 is 0. The fraction of sp³-hybridized carbons (Fsp3) is 0.778. The van der Waals surface area contributed by atoms with Gasteiger partial charge in [-0.25, -0.2) is 0 Å². The molecule has 0 bridgehead atoms. The van der Waals surface area contributed by atoms with Gasteiger partial charge in [0, 0.05) is 0 Å². The van der Waals surface area contributed by atoms with Gasteiger partial charge < -0.3 is 5.73 Å². The SMILES string of the molecule is CC(C)[C@@H]1CCC/C1=C\N. The molecule has 0 spiro atoms. The van der Waals surface area contributed by atoms with E-state index in [0.29, 0.717) is 0 Å². The molecule has 1 nitrogen and oxygen atoms in total. The Hall–Kier alpha value is -0.460. The Morgan fingerprint density at radius 2 is 2.30 bits per heavy atom. The van der Waals surface area contributed by atoms with E-state index < -0.39 is 0 Å². The van der Waals surface area contributed by atoms with Gasteiger partial charge in [0.1, 0.15) is 0 Å².